The maximum atomic E-state index is 11.6. The largest absolute Gasteiger partial charge is 0.459 e. The van der Waals surface area contributed by atoms with Crippen molar-refractivity contribution in [1.29, 1.82) is 0 Å². The third-order valence-corrected chi connectivity index (χ3v) is 4.61. The predicted octanol–water partition coefficient (Wildman–Crippen LogP) is 2.93. The topological polar surface area (TPSA) is 121 Å². The molecule has 2 rings (SSSR count). The molecular weight excluding hydrogens is 396 g/mol. The fourth-order valence-electron chi connectivity index (χ4n) is 2.44. The minimum Gasteiger partial charge on any atom is -0.459 e. The maximum absolute atomic E-state index is 11.6. The zero-order valence-corrected chi connectivity index (χ0v) is 17.3. The average Bonchev–Trinajstić information content (AvgIpc) is 2.66. The maximum Gasteiger partial charge on any atom is 0.338 e. The Morgan fingerprint density at radius 1 is 0.897 bits per heavy atom. The molecule has 0 aliphatic carbocycles. The Kier molecular flexibility index (Phi) is 10.5. The Bertz CT molecular complexity index is 821. The molecule has 0 amide bonds. The summed E-state index contributed by atoms with van der Waals surface area (Å²) in [7, 11) is -4.00. The molecule has 0 aliphatic rings. The SMILES string of the molecule is CC(C)CC(O)CC(O)COC(=O)c1ccccc1.O=S(=O)(O)c1ccccc1. The minimum absolute atomic E-state index is 0.0741. The standard InChI is InChI=1S/C15H22O4.C6H6O3S/c1-11(2)8-13(16)9-14(17)10-19-15(18)12-6-4-3-5-7-12;7-10(8,9)6-4-2-1-3-5-6/h3-7,11,13-14,16-17H,8-10H2,1-2H3;1-5H,(H,7,8,9). The van der Waals surface area contributed by atoms with Crippen LogP contribution in [0.25, 0.3) is 0 Å². The number of esters is 1. The minimum atomic E-state index is -4.00. The predicted molar refractivity (Wildman–Crippen MR) is 109 cm³/mol. The van der Waals surface area contributed by atoms with Gasteiger partial charge in [-0.2, -0.15) is 8.42 Å². The number of hydrogen-bond acceptors (Lipinski definition) is 6. The first-order chi connectivity index (χ1) is 13.6. The van der Waals surface area contributed by atoms with Gasteiger partial charge in [-0.05, 0) is 36.6 Å². The molecule has 2 aromatic rings. The monoisotopic (exact) mass is 424 g/mol. The van der Waals surface area contributed by atoms with Crippen LogP contribution in [0, 0.1) is 5.92 Å². The van der Waals surface area contributed by atoms with Gasteiger partial charge in [-0.1, -0.05) is 50.2 Å². The molecule has 29 heavy (non-hydrogen) atoms. The van der Waals surface area contributed by atoms with Crippen molar-refractivity contribution in [3.05, 3.63) is 66.2 Å². The van der Waals surface area contributed by atoms with Gasteiger partial charge >= 0.3 is 5.97 Å². The number of ether oxygens (including phenoxy) is 1. The summed E-state index contributed by atoms with van der Waals surface area (Å²) in [6.45, 7) is 3.92. The summed E-state index contributed by atoms with van der Waals surface area (Å²) in [4.78, 5) is 11.5. The van der Waals surface area contributed by atoms with Crippen molar-refractivity contribution < 1.29 is 32.7 Å². The van der Waals surface area contributed by atoms with E-state index in [0.717, 1.165) is 0 Å². The zero-order chi connectivity index (χ0) is 21.9. The second kappa shape index (κ2) is 12.3. The summed E-state index contributed by atoms with van der Waals surface area (Å²) >= 11 is 0. The lowest BCUT2D eigenvalue weighted by Crippen LogP contribution is -2.25. The van der Waals surface area contributed by atoms with Crippen molar-refractivity contribution in [2.75, 3.05) is 6.61 Å². The van der Waals surface area contributed by atoms with E-state index in [1.54, 1.807) is 42.5 Å². The van der Waals surface area contributed by atoms with Crippen LogP contribution in [-0.4, -0.2) is 48.0 Å². The van der Waals surface area contributed by atoms with Crippen LogP contribution in [-0.2, 0) is 14.9 Å². The molecule has 0 bridgehead atoms. The number of benzene rings is 2. The second-order valence-electron chi connectivity index (χ2n) is 6.93. The number of aliphatic hydroxyl groups excluding tert-OH is 2. The summed E-state index contributed by atoms with van der Waals surface area (Å²) in [5.74, 6) is -0.0907. The molecule has 0 heterocycles. The van der Waals surface area contributed by atoms with Crippen LogP contribution in [0.15, 0.2) is 65.6 Å². The van der Waals surface area contributed by atoms with Crippen LogP contribution in [0.5, 0.6) is 0 Å². The zero-order valence-electron chi connectivity index (χ0n) is 16.5. The van der Waals surface area contributed by atoms with Crippen molar-refractivity contribution >= 4 is 16.1 Å². The molecule has 0 saturated heterocycles. The molecule has 2 aromatic carbocycles. The third-order valence-electron chi connectivity index (χ3n) is 3.75. The number of hydrogen-bond donors (Lipinski definition) is 3. The van der Waals surface area contributed by atoms with Gasteiger partial charge in [-0.15, -0.1) is 0 Å². The molecule has 0 aromatic heterocycles. The number of carbonyl (C=O) groups excluding carboxylic acids is 1. The van der Waals surface area contributed by atoms with E-state index in [1.165, 1.54) is 12.1 Å². The fourth-order valence-corrected chi connectivity index (χ4v) is 2.95. The lowest BCUT2D eigenvalue weighted by molar-refractivity contribution is 0.00642. The highest BCUT2D eigenvalue weighted by atomic mass is 32.2. The quantitative estimate of drug-likeness (QED) is 0.440. The highest BCUT2D eigenvalue weighted by molar-refractivity contribution is 7.85. The van der Waals surface area contributed by atoms with Crippen LogP contribution >= 0.6 is 0 Å². The molecule has 2 unspecified atom stereocenters. The Hall–Kier alpha value is -2.26. The molecule has 3 N–H and O–H groups in total. The fraction of sp³-hybridized carbons (Fsp3) is 0.381. The van der Waals surface area contributed by atoms with Crippen LogP contribution < -0.4 is 0 Å². The Labute approximate surface area is 171 Å². The van der Waals surface area contributed by atoms with Crippen molar-refractivity contribution in [3.8, 4) is 0 Å². The molecule has 2 atom stereocenters. The highest BCUT2D eigenvalue weighted by Gasteiger charge is 2.15. The van der Waals surface area contributed by atoms with E-state index in [-0.39, 0.29) is 17.9 Å². The van der Waals surface area contributed by atoms with Gasteiger partial charge in [-0.3, -0.25) is 4.55 Å². The molecule has 160 valence electrons. The summed E-state index contributed by atoms with van der Waals surface area (Å²) < 4.78 is 34.2. The number of aliphatic hydroxyl groups is 2. The summed E-state index contributed by atoms with van der Waals surface area (Å²) in [6, 6.07) is 16.0. The summed E-state index contributed by atoms with van der Waals surface area (Å²) in [6.07, 6.45) is -0.545. The molecule has 8 heteroatoms. The van der Waals surface area contributed by atoms with Gasteiger partial charge in [0.15, 0.2) is 0 Å². The first kappa shape index (κ1) is 24.8. The van der Waals surface area contributed by atoms with E-state index in [0.29, 0.717) is 17.9 Å². The lowest BCUT2D eigenvalue weighted by Gasteiger charge is -2.17. The Morgan fingerprint density at radius 2 is 1.41 bits per heavy atom. The van der Waals surface area contributed by atoms with Crippen LogP contribution in [0.3, 0.4) is 0 Å². The van der Waals surface area contributed by atoms with E-state index in [2.05, 4.69) is 0 Å². The Morgan fingerprint density at radius 3 is 1.86 bits per heavy atom. The molecule has 7 nitrogen and oxygen atoms in total. The van der Waals surface area contributed by atoms with Gasteiger partial charge in [0.25, 0.3) is 10.1 Å². The van der Waals surface area contributed by atoms with Gasteiger partial charge in [0.1, 0.15) is 6.61 Å². The molecule has 0 radical (unpaired) electrons. The van der Waals surface area contributed by atoms with E-state index in [9.17, 15) is 23.4 Å². The van der Waals surface area contributed by atoms with Gasteiger partial charge in [0.2, 0.25) is 0 Å². The van der Waals surface area contributed by atoms with E-state index in [1.807, 2.05) is 19.9 Å². The van der Waals surface area contributed by atoms with E-state index in [4.69, 9.17) is 9.29 Å². The Balaban J connectivity index is 0.000000352. The van der Waals surface area contributed by atoms with Gasteiger partial charge in [0.05, 0.1) is 22.7 Å². The normalized spacial score (nSPS) is 13.2. The molecule has 0 saturated carbocycles. The van der Waals surface area contributed by atoms with Crippen LogP contribution in [0.2, 0.25) is 0 Å². The van der Waals surface area contributed by atoms with Gasteiger partial charge in [0, 0.05) is 6.42 Å². The smallest absolute Gasteiger partial charge is 0.338 e. The van der Waals surface area contributed by atoms with Crippen molar-refractivity contribution in [3.63, 3.8) is 0 Å². The highest BCUT2D eigenvalue weighted by Crippen LogP contribution is 2.11. The van der Waals surface area contributed by atoms with Crippen LogP contribution in [0.1, 0.15) is 37.0 Å². The number of rotatable bonds is 8. The molecular formula is C21H28O7S. The molecule has 0 aliphatic heterocycles. The molecule has 0 fully saturated rings. The first-order valence-corrected chi connectivity index (χ1v) is 10.6. The summed E-state index contributed by atoms with van der Waals surface area (Å²) in [5.41, 5.74) is 0.456. The van der Waals surface area contributed by atoms with Gasteiger partial charge in [-0.25, -0.2) is 4.79 Å². The molecule has 0 spiro atoms. The van der Waals surface area contributed by atoms with Crippen molar-refractivity contribution in [1.82, 2.24) is 0 Å². The number of carbonyl (C=O) groups is 1. The third kappa shape index (κ3) is 10.7. The van der Waals surface area contributed by atoms with E-state index >= 15 is 0 Å². The van der Waals surface area contributed by atoms with Crippen LogP contribution in [0.4, 0.5) is 0 Å². The lowest BCUT2D eigenvalue weighted by atomic mass is 10.0. The van der Waals surface area contributed by atoms with E-state index < -0.39 is 28.3 Å². The van der Waals surface area contributed by atoms with Crippen molar-refractivity contribution in [2.45, 2.75) is 43.8 Å². The average molecular weight is 425 g/mol. The van der Waals surface area contributed by atoms with Crippen molar-refractivity contribution in [2.24, 2.45) is 5.92 Å². The summed E-state index contributed by atoms with van der Waals surface area (Å²) in [5, 5.41) is 19.4. The van der Waals surface area contributed by atoms with Gasteiger partial charge < -0.3 is 14.9 Å². The first-order valence-electron chi connectivity index (χ1n) is 9.20. The second-order valence-corrected chi connectivity index (χ2v) is 8.35.